The quantitative estimate of drug-likeness (QED) is 0.253. The van der Waals surface area contributed by atoms with Crippen molar-refractivity contribution in [3.05, 3.63) is 96.7 Å². The van der Waals surface area contributed by atoms with Crippen LogP contribution in [0.15, 0.2) is 102 Å². The summed E-state index contributed by atoms with van der Waals surface area (Å²) in [6.07, 6.45) is 5.54. The van der Waals surface area contributed by atoms with Crippen molar-refractivity contribution in [3.63, 3.8) is 0 Å². The molecule has 3 aromatic carbocycles. The number of rotatable bonds is 9. The van der Waals surface area contributed by atoms with Crippen LogP contribution in [0.3, 0.4) is 0 Å². The maximum Gasteiger partial charge on any atom is 0.138 e. The maximum absolute atomic E-state index is 5.78. The molecule has 3 rings (SSSR count). The predicted molar refractivity (Wildman–Crippen MR) is 123 cm³/mol. The fourth-order valence-electron chi connectivity index (χ4n) is 2.46. The summed E-state index contributed by atoms with van der Waals surface area (Å²) in [5.74, 6) is 2.90. The summed E-state index contributed by atoms with van der Waals surface area (Å²) in [5.41, 5.74) is 12.9. The second-order valence-electron chi connectivity index (χ2n) is 6.30. The fraction of sp³-hybridized carbons (Fsp3) is 0.0833. The van der Waals surface area contributed by atoms with E-state index in [9.17, 15) is 0 Å². The van der Waals surface area contributed by atoms with E-state index < -0.39 is 0 Å². The smallest absolute Gasteiger partial charge is 0.138 e. The molecular weight excluding hydrogens is 396 g/mol. The first kappa shape index (κ1) is 21.2. The molecule has 154 valence electrons. The van der Waals surface area contributed by atoms with E-state index in [0.29, 0.717) is 29.5 Å². The van der Waals surface area contributed by atoms with E-state index in [4.69, 9.17) is 25.1 Å². The fourth-order valence-corrected chi connectivity index (χ4v) is 3.01. The number of nitrogen functional groups attached to an aromatic ring is 1. The van der Waals surface area contributed by atoms with Crippen LogP contribution in [0.4, 0.5) is 5.69 Å². The number of anilines is 1. The van der Waals surface area contributed by atoms with Gasteiger partial charge in [-0.1, -0.05) is 12.1 Å². The Morgan fingerprint density at radius 3 is 2.30 bits per heavy atom. The third-order valence-electron chi connectivity index (χ3n) is 3.90. The molecule has 0 heterocycles. The van der Waals surface area contributed by atoms with Crippen molar-refractivity contribution in [2.75, 3.05) is 12.3 Å². The van der Waals surface area contributed by atoms with Crippen LogP contribution in [0.1, 0.15) is 6.92 Å². The second kappa shape index (κ2) is 10.9. The van der Waals surface area contributed by atoms with Crippen LogP contribution in [0.5, 0.6) is 23.0 Å². The van der Waals surface area contributed by atoms with E-state index in [-0.39, 0.29) is 0 Å². The van der Waals surface area contributed by atoms with Crippen LogP contribution in [0.25, 0.3) is 0 Å². The molecule has 0 aliphatic heterocycles. The van der Waals surface area contributed by atoms with Gasteiger partial charge in [-0.2, -0.15) is 0 Å². The van der Waals surface area contributed by atoms with E-state index >= 15 is 0 Å². The molecule has 0 fully saturated rings. The third-order valence-corrected chi connectivity index (χ3v) is 4.64. The van der Waals surface area contributed by atoms with Gasteiger partial charge in [0.2, 0.25) is 0 Å². The average molecular weight is 421 g/mol. The van der Waals surface area contributed by atoms with Crippen molar-refractivity contribution < 1.29 is 13.7 Å². The average Bonchev–Trinajstić information content (AvgIpc) is 2.74. The lowest BCUT2D eigenvalue weighted by Crippen LogP contribution is -1.99. The van der Waals surface area contributed by atoms with Crippen LogP contribution in [-0.2, 0) is 0 Å². The van der Waals surface area contributed by atoms with Crippen molar-refractivity contribution >= 4 is 17.7 Å². The maximum atomic E-state index is 5.78. The van der Waals surface area contributed by atoms with Gasteiger partial charge in [0, 0.05) is 22.3 Å². The van der Waals surface area contributed by atoms with Gasteiger partial charge in [-0.15, -0.1) is 0 Å². The van der Waals surface area contributed by atoms with E-state index in [1.165, 1.54) is 12.0 Å². The van der Waals surface area contributed by atoms with Crippen LogP contribution in [0.2, 0.25) is 0 Å². The Hall–Kier alpha value is -3.51. The zero-order valence-electron chi connectivity index (χ0n) is 16.7. The summed E-state index contributed by atoms with van der Waals surface area (Å²) in [4.78, 5) is 0.964. The monoisotopic (exact) mass is 420 g/mol. The number of ether oxygens (including phenoxy) is 2. The molecule has 0 saturated carbocycles. The molecule has 0 aromatic heterocycles. The number of nitrogens with two attached hydrogens (primary N) is 2. The van der Waals surface area contributed by atoms with Gasteiger partial charge in [0.15, 0.2) is 0 Å². The topological polar surface area (TPSA) is 79.7 Å². The van der Waals surface area contributed by atoms with Gasteiger partial charge >= 0.3 is 0 Å². The Morgan fingerprint density at radius 2 is 1.60 bits per heavy atom. The van der Waals surface area contributed by atoms with Crippen molar-refractivity contribution in [2.24, 2.45) is 5.73 Å². The van der Waals surface area contributed by atoms with Crippen LogP contribution in [-0.4, -0.2) is 6.61 Å². The van der Waals surface area contributed by atoms with Crippen LogP contribution in [0, 0.1) is 0 Å². The first-order valence-corrected chi connectivity index (χ1v) is 10.2. The molecule has 6 heteroatoms. The number of hydrogen-bond acceptors (Lipinski definition) is 6. The Morgan fingerprint density at radius 1 is 0.900 bits per heavy atom. The van der Waals surface area contributed by atoms with E-state index in [1.807, 2.05) is 91.9 Å². The Kier molecular flexibility index (Phi) is 7.69. The van der Waals surface area contributed by atoms with E-state index in [1.54, 1.807) is 6.07 Å². The van der Waals surface area contributed by atoms with Gasteiger partial charge in [0.05, 0.1) is 12.0 Å². The molecule has 5 nitrogen and oxygen atoms in total. The summed E-state index contributed by atoms with van der Waals surface area (Å²) >= 11 is 1.28. The second-order valence-corrected chi connectivity index (χ2v) is 7.10. The van der Waals surface area contributed by atoms with Gasteiger partial charge in [0.1, 0.15) is 29.6 Å². The minimum absolute atomic E-state index is 0.420. The van der Waals surface area contributed by atoms with Crippen molar-refractivity contribution in [3.8, 4) is 23.0 Å². The largest absolute Gasteiger partial charge is 0.489 e. The minimum Gasteiger partial charge on any atom is -0.489 e. The summed E-state index contributed by atoms with van der Waals surface area (Å²) in [7, 11) is 0. The van der Waals surface area contributed by atoms with Gasteiger partial charge < -0.3 is 25.1 Å². The highest BCUT2D eigenvalue weighted by Gasteiger charge is 2.02. The normalized spacial score (nSPS) is 11.4. The lowest BCUT2D eigenvalue weighted by Gasteiger charge is -2.08. The molecule has 0 aliphatic carbocycles. The molecule has 0 amide bonds. The van der Waals surface area contributed by atoms with E-state index in [2.05, 4.69) is 0 Å². The Balaban J connectivity index is 1.47. The molecule has 0 atom stereocenters. The Labute approximate surface area is 181 Å². The molecule has 0 aliphatic rings. The summed E-state index contributed by atoms with van der Waals surface area (Å²) < 4.78 is 17.2. The first-order chi connectivity index (χ1) is 14.6. The molecule has 0 spiro atoms. The number of allylic oxidation sites excluding steroid dienone is 2. The highest BCUT2D eigenvalue weighted by Crippen LogP contribution is 2.29. The predicted octanol–water partition coefficient (Wildman–Crippen LogP) is 5.94. The molecule has 0 radical (unpaired) electrons. The molecule has 0 saturated heterocycles. The third kappa shape index (κ3) is 6.83. The molecular formula is C24H24N2O3S. The number of benzene rings is 3. The summed E-state index contributed by atoms with van der Waals surface area (Å²) in [6, 6.07) is 22.4. The van der Waals surface area contributed by atoms with Gasteiger partial charge in [-0.3, -0.25) is 0 Å². The highest BCUT2D eigenvalue weighted by atomic mass is 32.2. The lowest BCUT2D eigenvalue weighted by molar-refractivity contribution is 0.362. The highest BCUT2D eigenvalue weighted by molar-refractivity contribution is 7.95. The molecule has 3 aromatic rings. The van der Waals surface area contributed by atoms with Crippen molar-refractivity contribution in [1.82, 2.24) is 0 Å². The molecule has 30 heavy (non-hydrogen) atoms. The Bertz CT molecular complexity index is 1000. The van der Waals surface area contributed by atoms with Gasteiger partial charge in [-0.05, 0) is 79.7 Å². The van der Waals surface area contributed by atoms with Crippen molar-refractivity contribution in [2.45, 2.75) is 11.8 Å². The summed E-state index contributed by atoms with van der Waals surface area (Å²) in [6.45, 7) is 2.34. The number of hydrogen-bond donors (Lipinski definition) is 2. The van der Waals surface area contributed by atoms with Gasteiger partial charge in [0.25, 0.3) is 0 Å². The molecule has 4 N–H and O–H groups in total. The standard InChI is InChI=1S/C24H24N2O3S/c1-2-4-18(25)15-16-27-20-11-13-24(14-12-20)30-29-22-9-7-21(8-10-22)28-23-6-3-5-19(26)17-23/h2-15,17H,16,25-26H2,1H3/b4-2-,18-15+. The van der Waals surface area contributed by atoms with Crippen LogP contribution >= 0.6 is 12.0 Å². The van der Waals surface area contributed by atoms with Crippen LogP contribution < -0.4 is 25.1 Å². The zero-order valence-corrected chi connectivity index (χ0v) is 17.5. The lowest BCUT2D eigenvalue weighted by atomic mass is 10.3. The molecule has 0 unspecified atom stereocenters. The molecule has 0 bridgehead atoms. The van der Waals surface area contributed by atoms with E-state index in [0.717, 1.165) is 16.4 Å². The SMILES string of the molecule is C/C=C\C(N)=C/COc1ccc(SOc2ccc(Oc3cccc(N)c3)cc2)cc1. The first-order valence-electron chi connectivity index (χ1n) is 9.41. The van der Waals surface area contributed by atoms with Crippen molar-refractivity contribution in [1.29, 1.82) is 0 Å². The summed E-state index contributed by atoms with van der Waals surface area (Å²) in [5, 5.41) is 0. The minimum atomic E-state index is 0.420. The van der Waals surface area contributed by atoms with Gasteiger partial charge in [-0.25, -0.2) is 0 Å². The zero-order chi connectivity index (χ0) is 21.2.